The van der Waals surface area contributed by atoms with Crippen LogP contribution in [-0.4, -0.2) is 34.8 Å². The molecule has 0 spiro atoms. The van der Waals surface area contributed by atoms with Crippen molar-refractivity contribution in [1.82, 2.24) is 10.2 Å². The van der Waals surface area contributed by atoms with Gasteiger partial charge >= 0.3 is 0 Å². The first kappa shape index (κ1) is 13.4. The summed E-state index contributed by atoms with van der Waals surface area (Å²) >= 11 is 0. The van der Waals surface area contributed by atoms with Gasteiger partial charge in [-0.3, -0.25) is 9.59 Å². The lowest BCUT2D eigenvalue weighted by Gasteiger charge is -2.34. The van der Waals surface area contributed by atoms with Gasteiger partial charge in [0, 0.05) is 19.0 Å². The van der Waals surface area contributed by atoms with Crippen LogP contribution < -0.4 is 5.32 Å². The fourth-order valence-corrected chi connectivity index (χ4v) is 3.11. The standard InChI is InChI=1S/C14H24N2O2/c1-4-14(3)13(18)16(8-7-12(17)15-14)11-6-5-10(2)9-11/h10-11H,4-9H2,1-3H3,(H,15,17). The maximum absolute atomic E-state index is 12.6. The summed E-state index contributed by atoms with van der Waals surface area (Å²) in [5.74, 6) is 0.804. The lowest BCUT2D eigenvalue weighted by Crippen LogP contribution is -2.56. The van der Waals surface area contributed by atoms with Crippen LogP contribution >= 0.6 is 0 Å². The molecule has 2 amide bonds. The molecule has 18 heavy (non-hydrogen) atoms. The van der Waals surface area contributed by atoms with Gasteiger partial charge in [0.1, 0.15) is 5.54 Å². The van der Waals surface area contributed by atoms with Gasteiger partial charge in [0.15, 0.2) is 0 Å². The quantitative estimate of drug-likeness (QED) is 0.813. The zero-order chi connectivity index (χ0) is 13.3. The van der Waals surface area contributed by atoms with Crippen LogP contribution in [0.3, 0.4) is 0 Å². The van der Waals surface area contributed by atoms with E-state index in [1.54, 1.807) is 0 Å². The predicted molar refractivity (Wildman–Crippen MR) is 70.0 cm³/mol. The third kappa shape index (κ3) is 2.38. The summed E-state index contributed by atoms with van der Waals surface area (Å²) in [5, 5.41) is 2.89. The molecule has 0 aromatic carbocycles. The number of carbonyl (C=O) groups is 2. The van der Waals surface area contributed by atoms with Crippen molar-refractivity contribution >= 4 is 11.8 Å². The summed E-state index contributed by atoms with van der Waals surface area (Å²) in [5.41, 5.74) is -0.709. The van der Waals surface area contributed by atoms with E-state index in [0.29, 0.717) is 31.3 Å². The lowest BCUT2D eigenvalue weighted by molar-refractivity contribution is -0.140. The van der Waals surface area contributed by atoms with Gasteiger partial charge < -0.3 is 10.2 Å². The molecule has 3 unspecified atom stereocenters. The van der Waals surface area contributed by atoms with Gasteiger partial charge in [-0.15, -0.1) is 0 Å². The van der Waals surface area contributed by atoms with Gasteiger partial charge in [-0.1, -0.05) is 13.8 Å². The van der Waals surface area contributed by atoms with Gasteiger partial charge in [-0.2, -0.15) is 0 Å². The Labute approximate surface area is 109 Å². The van der Waals surface area contributed by atoms with Crippen LogP contribution in [-0.2, 0) is 9.59 Å². The highest BCUT2D eigenvalue weighted by Crippen LogP contribution is 2.31. The zero-order valence-electron chi connectivity index (χ0n) is 11.7. The van der Waals surface area contributed by atoms with Crippen molar-refractivity contribution in [2.24, 2.45) is 5.92 Å². The molecule has 1 aliphatic heterocycles. The summed E-state index contributed by atoms with van der Waals surface area (Å²) in [6, 6.07) is 0.339. The normalized spacial score (nSPS) is 37.6. The highest BCUT2D eigenvalue weighted by molar-refractivity contribution is 5.93. The van der Waals surface area contributed by atoms with Gasteiger partial charge in [-0.25, -0.2) is 0 Å². The fraction of sp³-hybridized carbons (Fsp3) is 0.857. The van der Waals surface area contributed by atoms with E-state index in [1.165, 1.54) is 6.42 Å². The van der Waals surface area contributed by atoms with E-state index in [4.69, 9.17) is 0 Å². The van der Waals surface area contributed by atoms with E-state index >= 15 is 0 Å². The van der Waals surface area contributed by atoms with E-state index in [0.717, 1.165) is 12.8 Å². The van der Waals surface area contributed by atoms with Crippen LogP contribution in [0.2, 0.25) is 0 Å². The topological polar surface area (TPSA) is 49.4 Å². The molecular formula is C14H24N2O2. The molecule has 4 nitrogen and oxygen atoms in total. The number of nitrogens with one attached hydrogen (secondary N) is 1. The molecule has 2 fully saturated rings. The summed E-state index contributed by atoms with van der Waals surface area (Å²) < 4.78 is 0. The third-order valence-electron chi connectivity index (χ3n) is 4.54. The molecule has 1 saturated carbocycles. The Bertz CT molecular complexity index is 356. The maximum atomic E-state index is 12.6. The van der Waals surface area contributed by atoms with E-state index < -0.39 is 5.54 Å². The van der Waals surface area contributed by atoms with Crippen LogP contribution in [0.25, 0.3) is 0 Å². The molecule has 0 aromatic rings. The minimum absolute atomic E-state index is 0.00115. The first-order chi connectivity index (χ1) is 8.46. The second-order valence-corrected chi connectivity index (χ2v) is 6.05. The van der Waals surface area contributed by atoms with Crippen LogP contribution in [0.15, 0.2) is 0 Å². The van der Waals surface area contributed by atoms with Crippen LogP contribution in [0.4, 0.5) is 0 Å². The molecule has 3 atom stereocenters. The van der Waals surface area contributed by atoms with Crippen molar-refractivity contribution in [3.05, 3.63) is 0 Å². The summed E-state index contributed by atoms with van der Waals surface area (Å²) in [6.45, 7) is 6.63. The van der Waals surface area contributed by atoms with Crippen LogP contribution in [0.1, 0.15) is 52.9 Å². The molecule has 1 heterocycles. The molecule has 2 rings (SSSR count). The maximum Gasteiger partial charge on any atom is 0.248 e. The number of nitrogens with zero attached hydrogens (tertiary/aromatic N) is 1. The molecule has 2 aliphatic rings. The first-order valence-electron chi connectivity index (χ1n) is 7.08. The van der Waals surface area contributed by atoms with Crippen molar-refractivity contribution in [2.45, 2.75) is 64.5 Å². The summed E-state index contributed by atoms with van der Waals surface area (Å²) in [4.78, 5) is 26.3. The Morgan fingerprint density at radius 3 is 2.67 bits per heavy atom. The second kappa shape index (κ2) is 4.90. The number of carbonyl (C=O) groups excluding carboxylic acids is 2. The van der Waals surface area contributed by atoms with E-state index in [1.807, 2.05) is 18.7 Å². The van der Waals surface area contributed by atoms with Crippen LogP contribution in [0, 0.1) is 5.92 Å². The molecular weight excluding hydrogens is 228 g/mol. The van der Waals surface area contributed by atoms with Gasteiger partial charge in [0.05, 0.1) is 0 Å². The highest BCUT2D eigenvalue weighted by Gasteiger charge is 2.42. The van der Waals surface area contributed by atoms with Crippen LogP contribution in [0.5, 0.6) is 0 Å². The SMILES string of the molecule is CCC1(C)NC(=O)CCN(C2CCC(C)C2)C1=O. The Hall–Kier alpha value is -1.06. The van der Waals surface area contributed by atoms with Gasteiger partial charge in [-0.05, 0) is 38.5 Å². The fourth-order valence-electron chi connectivity index (χ4n) is 3.11. The third-order valence-corrected chi connectivity index (χ3v) is 4.54. The lowest BCUT2D eigenvalue weighted by atomic mass is 9.96. The van der Waals surface area contributed by atoms with Crippen molar-refractivity contribution < 1.29 is 9.59 Å². The minimum Gasteiger partial charge on any atom is -0.342 e. The molecule has 1 aliphatic carbocycles. The van der Waals surface area contributed by atoms with E-state index in [-0.39, 0.29) is 11.8 Å². The van der Waals surface area contributed by atoms with Crippen molar-refractivity contribution in [1.29, 1.82) is 0 Å². The summed E-state index contributed by atoms with van der Waals surface area (Å²) in [6.07, 6.45) is 4.45. The number of hydrogen-bond acceptors (Lipinski definition) is 2. The predicted octanol–water partition coefficient (Wildman–Crippen LogP) is 1.69. The van der Waals surface area contributed by atoms with E-state index in [2.05, 4.69) is 12.2 Å². The van der Waals surface area contributed by atoms with E-state index in [9.17, 15) is 9.59 Å². The second-order valence-electron chi connectivity index (χ2n) is 6.05. The Morgan fingerprint density at radius 1 is 1.39 bits per heavy atom. The Balaban J connectivity index is 2.19. The number of amides is 2. The van der Waals surface area contributed by atoms with Gasteiger partial charge in [0.25, 0.3) is 0 Å². The Morgan fingerprint density at radius 2 is 2.11 bits per heavy atom. The van der Waals surface area contributed by atoms with Crippen molar-refractivity contribution in [3.63, 3.8) is 0 Å². The minimum atomic E-state index is -0.709. The molecule has 0 aromatic heterocycles. The van der Waals surface area contributed by atoms with Gasteiger partial charge in [0.2, 0.25) is 11.8 Å². The molecule has 0 bridgehead atoms. The highest BCUT2D eigenvalue weighted by atomic mass is 16.2. The smallest absolute Gasteiger partial charge is 0.248 e. The summed E-state index contributed by atoms with van der Waals surface area (Å²) in [7, 11) is 0. The number of rotatable bonds is 2. The first-order valence-corrected chi connectivity index (χ1v) is 7.08. The average Bonchev–Trinajstić information content (AvgIpc) is 2.71. The number of hydrogen-bond donors (Lipinski definition) is 1. The zero-order valence-corrected chi connectivity index (χ0v) is 11.7. The molecule has 0 radical (unpaired) electrons. The average molecular weight is 252 g/mol. The molecule has 1 saturated heterocycles. The largest absolute Gasteiger partial charge is 0.342 e. The molecule has 102 valence electrons. The molecule has 4 heteroatoms. The van der Waals surface area contributed by atoms with Crippen molar-refractivity contribution in [2.75, 3.05) is 6.54 Å². The monoisotopic (exact) mass is 252 g/mol. The Kier molecular flexibility index (Phi) is 3.64. The molecule has 1 N–H and O–H groups in total. The van der Waals surface area contributed by atoms with Crippen molar-refractivity contribution in [3.8, 4) is 0 Å².